The topological polar surface area (TPSA) is 15.6 Å². The maximum Gasteiger partial charge on any atom is 0.0645 e. The molecule has 3 rings (SSSR count). The second kappa shape index (κ2) is 7.81. The van der Waals surface area contributed by atoms with Crippen molar-refractivity contribution in [2.45, 2.75) is 46.6 Å². The number of aryl methyl sites for hydroxylation is 1. The Morgan fingerprint density at radius 2 is 1.93 bits per heavy atom. The largest absolute Gasteiger partial charge is 0.362 e. The molecule has 0 saturated carbocycles. The van der Waals surface area contributed by atoms with Crippen LogP contribution in [-0.4, -0.2) is 18.3 Å². The van der Waals surface area contributed by atoms with Gasteiger partial charge < -0.3 is 4.90 Å². The quantitative estimate of drug-likeness (QED) is 0.443. The van der Waals surface area contributed by atoms with E-state index in [9.17, 15) is 0 Å². The van der Waals surface area contributed by atoms with Gasteiger partial charge in [0.05, 0.1) is 16.2 Å². The summed E-state index contributed by atoms with van der Waals surface area (Å²) in [4.78, 5) is 7.15. The van der Waals surface area contributed by atoms with Crippen molar-refractivity contribution in [1.82, 2.24) is 0 Å². The summed E-state index contributed by atoms with van der Waals surface area (Å²) in [5.41, 5.74) is 7.18. The summed E-state index contributed by atoms with van der Waals surface area (Å²) >= 11 is 9.60. The van der Waals surface area contributed by atoms with E-state index in [0.717, 1.165) is 28.7 Å². The third kappa shape index (κ3) is 4.14. The number of benzene rings is 2. The molecule has 0 fully saturated rings. The van der Waals surface area contributed by atoms with Gasteiger partial charge in [0.15, 0.2) is 0 Å². The van der Waals surface area contributed by atoms with Gasteiger partial charge in [-0.15, -0.1) is 0 Å². The molecule has 4 heteroatoms. The second-order valence-corrected chi connectivity index (χ2v) is 8.98. The van der Waals surface area contributed by atoms with Crippen molar-refractivity contribution >= 4 is 50.7 Å². The zero-order chi connectivity index (χ0) is 19.8. The van der Waals surface area contributed by atoms with Gasteiger partial charge in [-0.2, -0.15) is 0 Å². The first-order chi connectivity index (χ1) is 12.7. The van der Waals surface area contributed by atoms with Gasteiger partial charge in [-0.3, -0.25) is 4.99 Å². The van der Waals surface area contributed by atoms with Crippen molar-refractivity contribution < 1.29 is 0 Å². The van der Waals surface area contributed by atoms with Crippen molar-refractivity contribution in [1.29, 1.82) is 0 Å². The molecule has 0 aliphatic carbocycles. The van der Waals surface area contributed by atoms with E-state index in [4.69, 9.17) is 11.6 Å². The van der Waals surface area contributed by atoms with Crippen LogP contribution in [0.1, 0.15) is 50.8 Å². The molecule has 0 bridgehead atoms. The predicted molar refractivity (Wildman–Crippen MR) is 123 cm³/mol. The van der Waals surface area contributed by atoms with Crippen LogP contribution in [0.3, 0.4) is 0 Å². The highest BCUT2D eigenvalue weighted by Crippen LogP contribution is 2.40. The monoisotopic (exact) mass is 444 g/mol. The Hall–Kier alpha value is -1.58. The number of halogens is 2. The Balaban J connectivity index is 2.02. The van der Waals surface area contributed by atoms with Crippen molar-refractivity contribution in [3.63, 3.8) is 0 Å². The number of hydrogen-bond acceptors (Lipinski definition) is 2. The van der Waals surface area contributed by atoms with Crippen LogP contribution < -0.4 is 4.90 Å². The van der Waals surface area contributed by atoms with Gasteiger partial charge >= 0.3 is 0 Å². The minimum atomic E-state index is 0.0311. The molecule has 142 valence electrons. The highest BCUT2D eigenvalue weighted by molar-refractivity contribution is 9.10. The number of anilines is 1. The van der Waals surface area contributed by atoms with Gasteiger partial charge in [-0.1, -0.05) is 24.6 Å². The third-order valence-corrected chi connectivity index (χ3v) is 6.30. The summed E-state index contributed by atoms with van der Waals surface area (Å²) in [6, 6.07) is 10.3. The Morgan fingerprint density at radius 3 is 2.59 bits per heavy atom. The number of fused-ring (bicyclic) bond motifs is 1. The van der Waals surface area contributed by atoms with Crippen LogP contribution in [-0.2, 0) is 0 Å². The van der Waals surface area contributed by atoms with Gasteiger partial charge in [0.25, 0.3) is 0 Å². The lowest BCUT2D eigenvalue weighted by Crippen LogP contribution is -2.45. The van der Waals surface area contributed by atoms with E-state index in [0.29, 0.717) is 5.02 Å². The molecule has 0 atom stereocenters. The molecule has 0 unspecified atom stereocenters. The van der Waals surface area contributed by atoms with Crippen LogP contribution in [0.5, 0.6) is 0 Å². The molecule has 0 saturated heterocycles. The number of hydrogen-bond donors (Lipinski definition) is 0. The zero-order valence-corrected chi connectivity index (χ0v) is 18.9. The second-order valence-electron chi connectivity index (χ2n) is 7.72. The number of rotatable bonds is 4. The van der Waals surface area contributed by atoms with Gasteiger partial charge in [0.1, 0.15) is 0 Å². The fraction of sp³-hybridized carbons (Fsp3) is 0.348. The van der Waals surface area contributed by atoms with Crippen LogP contribution in [0.25, 0.3) is 5.57 Å². The fourth-order valence-corrected chi connectivity index (χ4v) is 4.15. The third-order valence-electron chi connectivity index (χ3n) is 5.07. The normalized spacial score (nSPS) is 15.8. The molecule has 0 spiro atoms. The molecule has 1 aliphatic heterocycles. The van der Waals surface area contributed by atoms with Gasteiger partial charge in [-0.25, -0.2) is 0 Å². The summed E-state index contributed by atoms with van der Waals surface area (Å²) in [5.74, 6) is 0. The van der Waals surface area contributed by atoms with Crippen LogP contribution in [0.4, 0.5) is 11.4 Å². The lowest BCUT2D eigenvalue weighted by Gasteiger charge is -2.43. The Morgan fingerprint density at radius 1 is 1.19 bits per heavy atom. The molecule has 2 nitrogen and oxygen atoms in total. The van der Waals surface area contributed by atoms with Gasteiger partial charge in [0.2, 0.25) is 0 Å². The predicted octanol–water partition coefficient (Wildman–Crippen LogP) is 7.57. The molecule has 1 heterocycles. The summed E-state index contributed by atoms with van der Waals surface area (Å²) in [6.07, 6.45) is 5.43. The Bertz CT molecular complexity index is 928. The summed E-state index contributed by atoms with van der Waals surface area (Å²) < 4.78 is 0.882. The van der Waals surface area contributed by atoms with Crippen LogP contribution in [0.2, 0.25) is 5.02 Å². The van der Waals surface area contributed by atoms with Crippen LogP contribution in [0, 0.1) is 6.92 Å². The summed E-state index contributed by atoms with van der Waals surface area (Å²) in [6.45, 7) is 12.2. The lowest BCUT2D eigenvalue weighted by molar-refractivity contribution is 0.550. The highest BCUT2D eigenvalue weighted by atomic mass is 79.9. The van der Waals surface area contributed by atoms with Crippen molar-refractivity contribution in [2.24, 2.45) is 4.99 Å². The minimum absolute atomic E-state index is 0.0311. The molecule has 0 aromatic heterocycles. The molecule has 0 N–H and O–H groups in total. The summed E-state index contributed by atoms with van der Waals surface area (Å²) in [7, 11) is 0. The first-order valence-electron chi connectivity index (χ1n) is 9.34. The molecular weight excluding hydrogens is 420 g/mol. The van der Waals surface area contributed by atoms with E-state index in [-0.39, 0.29) is 5.54 Å². The fourth-order valence-electron chi connectivity index (χ4n) is 3.73. The average molecular weight is 446 g/mol. The maximum atomic E-state index is 6.18. The van der Waals surface area contributed by atoms with E-state index >= 15 is 0 Å². The molecule has 2 aromatic carbocycles. The average Bonchev–Trinajstić information content (AvgIpc) is 2.59. The maximum absolute atomic E-state index is 6.18. The Kier molecular flexibility index (Phi) is 5.83. The molecule has 1 aliphatic rings. The summed E-state index contributed by atoms with van der Waals surface area (Å²) in [5, 5.41) is 0.669. The van der Waals surface area contributed by atoms with Gasteiger partial charge in [-0.05, 0) is 97.1 Å². The molecule has 2 aromatic rings. The first kappa shape index (κ1) is 20.2. The van der Waals surface area contributed by atoms with E-state index in [1.165, 1.54) is 22.4 Å². The number of allylic oxidation sites excluding steroid dienone is 1. The smallest absolute Gasteiger partial charge is 0.0645 e. The molecule has 0 amide bonds. The standard InChI is InChI=1S/C23H26BrClN2/c1-6-9-27-22-10-15(2)17(11-19(22)16(3)13-23(27,4)5)14-26-18-7-8-20(24)21(25)12-18/h7-8,10-14H,6,9H2,1-5H3. The van der Waals surface area contributed by atoms with E-state index in [1.54, 1.807) is 0 Å². The number of nitrogens with zero attached hydrogens (tertiary/aromatic N) is 2. The zero-order valence-electron chi connectivity index (χ0n) is 16.6. The Labute approximate surface area is 176 Å². The van der Waals surface area contributed by atoms with E-state index < -0.39 is 0 Å². The van der Waals surface area contributed by atoms with Gasteiger partial charge in [0, 0.05) is 28.5 Å². The SMILES string of the molecule is CCCN1c2cc(C)c(C=Nc3ccc(Br)c(Cl)c3)cc2C(C)=CC1(C)C. The lowest BCUT2D eigenvalue weighted by atomic mass is 9.87. The minimum Gasteiger partial charge on any atom is -0.362 e. The van der Waals surface area contributed by atoms with Crippen molar-refractivity contribution in [3.8, 4) is 0 Å². The van der Waals surface area contributed by atoms with Crippen molar-refractivity contribution in [2.75, 3.05) is 11.4 Å². The molecule has 27 heavy (non-hydrogen) atoms. The first-order valence-corrected chi connectivity index (χ1v) is 10.5. The van der Waals surface area contributed by atoms with Crippen molar-refractivity contribution in [3.05, 3.63) is 62.6 Å². The molecule has 0 radical (unpaired) electrons. The van der Waals surface area contributed by atoms with E-state index in [1.807, 2.05) is 24.4 Å². The number of aliphatic imine (C=N–C) groups is 1. The highest BCUT2D eigenvalue weighted by Gasteiger charge is 2.31. The van der Waals surface area contributed by atoms with Crippen LogP contribution >= 0.6 is 27.5 Å². The molecular formula is C23H26BrClN2. The van der Waals surface area contributed by atoms with E-state index in [2.05, 4.69) is 78.6 Å². The van der Waals surface area contributed by atoms with Crippen LogP contribution in [0.15, 0.2) is 45.9 Å².